The smallest absolute Gasteiger partial charge is 0.270 e. The van der Waals surface area contributed by atoms with Gasteiger partial charge in [0.2, 0.25) is 10.0 Å². The summed E-state index contributed by atoms with van der Waals surface area (Å²) in [4.78, 5) is 26.8. The van der Waals surface area contributed by atoms with Gasteiger partial charge in [0, 0.05) is 51.4 Å². The number of aromatic hydroxyl groups is 1. The second-order valence-electron chi connectivity index (χ2n) is 7.72. The van der Waals surface area contributed by atoms with Gasteiger partial charge < -0.3 is 19.6 Å². The number of sulfonamides is 1. The summed E-state index contributed by atoms with van der Waals surface area (Å²) in [6, 6.07) is 10.1. The highest BCUT2D eigenvalue weighted by Crippen LogP contribution is 2.33. The number of rotatable bonds is 5. The molecule has 4 rings (SSSR count). The van der Waals surface area contributed by atoms with Gasteiger partial charge in [-0.15, -0.1) is 0 Å². The summed E-state index contributed by atoms with van der Waals surface area (Å²) in [6.07, 6.45) is 0. The Bertz CT molecular complexity index is 1160. The number of morpholine rings is 1. The Balaban J connectivity index is 1.59. The molecule has 2 saturated heterocycles. The van der Waals surface area contributed by atoms with Crippen molar-refractivity contribution in [3.8, 4) is 5.75 Å². The van der Waals surface area contributed by atoms with E-state index in [4.69, 9.17) is 4.74 Å². The van der Waals surface area contributed by atoms with Gasteiger partial charge in [0.15, 0.2) is 0 Å². The summed E-state index contributed by atoms with van der Waals surface area (Å²) in [5, 5.41) is 21.3. The fourth-order valence-electron chi connectivity index (χ4n) is 3.99. The second kappa shape index (κ2) is 9.33. The molecule has 2 aliphatic rings. The number of benzene rings is 2. The van der Waals surface area contributed by atoms with Crippen LogP contribution in [-0.4, -0.2) is 86.0 Å². The molecule has 0 bridgehead atoms. The van der Waals surface area contributed by atoms with Gasteiger partial charge in [-0.1, -0.05) is 12.1 Å². The Labute approximate surface area is 191 Å². The van der Waals surface area contributed by atoms with Gasteiger partial charge in [0.05, 0.1) is 29.4 Å². The van der Waals surface area contributed by atoms with Gasteiger partial charge in [-0.3, -0.25) is 14.9 Å². The van der Waals surface area contributed by atoms with Gasteiger partial charge >= 0.3 is 0 Å². The van der Waals surface area contributed by atoms with E-state index < -0.39 is 14.9 Å². The summed E-state index contributed by atoms with van der Waals surface area (Å²) in [5.74, 6) is -0.406. The van der Waals surface area contributed by atoms with E-state index >= 15 is 0 Å². The number of piperazine rings is 1. The van der Waals surface area contributed by atoms with Crippen molar-refractivity contribution in [1.82, 2.24) is 9.21 Å². The minimum absolute atomic E-state index is 0.0980. The summed E-state index contributed by atoms with van der Waals surface area (Å²) < 4.78 is 33.2. The molecular formula is C21H24N4O7S. The molecule has 2 heterocycles. The van der Waals surface area contributed by atoms with Crippen LogP contribution in [0.2, 0.25) is 0 Å². The quantitative estimate of drug-likeness (QED) is 0.504. The lowest BCUT2D eigenvalue weighted by Gasteiger charge is -2.37. The zero-order chi connectivity index (χ0) is 23.6. The number of anilines is 1. The van der Waals surface area contributed by atoms with Crippen molar-refractivity contribution in [3.05, 3.63) is 58.1 Å². The predicted molar refractivity (Wildman–Crippen MR) is 119 cm³/mol. The number of non-ortho nitro benzene ring substituents is 1. The van der Waals surface area contributed by atoms with Gasteiger partial charge in [0.1, 0.15) is 10.6 Å². The van der Waals surface area contributed by atoms with E-state index in [0.717, 1.165) is 6.07 Å². The lowest BCUT2D eigenvalue weighted by molar-refractivity contribution is -0.385. The number of carbonyl (C=O) groups excluding carboxylic acids is 1. The number of ether oxygens (including phenoxy) is 1. The van der Waals surface area contributed by atoms with E-state index in [1.807, 2.05) is 4.90 Å². The van der Waals surface area contributed by atoms with Crippen molar-refractivity contribution in [1.29, 1.82) is 0 Å². The number of nitrogens with zero attached hydrogens (tertiary/aromatic N) is 4. The number of nitro benzene ring substituents is 1. The molecule has 0 aromatic heterocycles. The standard InChI is InChI=1S/C21H24N4O7S/c26-19-4-2-1-3-17(19)21(27)23-9-7-22(8-10-23)18-6-5-16(25(28)29)15-20(18)33(30,31)24-11-13-32-14-12-24/h1-6,15,26H,7-14H2. The molecule has 11 nitrogen and oxygen atoms in total. The van der Waals surface area contributed by atoms with Crippen LogP contribution in [0.1, 0.15) is 10.4 Å². The monoisotopic (exact) mass is 476 g/mol. The number of hydrogen-bond donors (Lipinski definition) is 1. The summed E-state index contributed by atoms with van der Waals surface area (Å²) >= 11 is 0. The first-order valence-electron chi connectivity index (χ1n) is 10.5. The highest BCUT2D eigenvalue weighted by Gasteiger charge is 2.33. The summed E-state index contributed by atoms with van der Waals surface area (Å²) in [5.41, 5.74) is 0.262. The normalized spacial score (nSPS) is 17.7. The van der Waals surface area contributed by atoms with Crippen molar-refractivity contribution >= 4 is 27.3 Å². The van der Waals surface area contributed by atoms with Crippen LogP contribution >= 0.6 is 0 Å². The molecule has 2 aliphatic heterocycles. The highest BCUT2D eigenvalue weighted by molar-refractivity contribution is 7.89. The highest BCUT2D eigenvalue weighted by atomic mass is 32.2. The van der Waals surface area contributed by atoms with E-state index in [1.165, 1.54) is 22.5 Å². The van der Waals surface area contributed by atoms with Crippen LogP contribution in [0, 0.1) is 10.1 Å². The fourth-order valence-corrected chi connectivity index (χ4v) is 5.62. The maximum atomic E-state index is 13.3. The van der Waals surface area contributed by atoms with Crippen molar-refractivity contribution < 1.29 is 28.0 Å². The number of amides is 1. The van der Waals surface area contributed by atoms with Crippen LogP contribution in [-0.2, 0) is 14.8 Å². The first-order valence-corrected chi connectivity index (χ1v) is 11.9. The molecule has 0 spiro atoms. The van der Waals surface area contributed by atoms with E-state index in [9.17, 15) is 28.4 Å². The molecule has 0 aliphatic carbocycles. The third-order valence-corrected chi connectivity index (χ3v) is 7.71. The maximum Gasteiger partial charge on any atom is 0.270 e. The Morgan fingerprint density at radius 3 is 2.30 bits per heavy atom. The summed E-state index contributed by atoms with van der Waals surface area (Å²) in [6.45, 7) is 2.15. The minimum atomic E-state index is -3.98. The zero-order valence-corrected chi connectivity index (χ0v) is 18.6. The van der Waals surface area contributed by atoms with Gasteiger partial charge in [-0.25, -0.2) is 8.42 Å². The third kappa shape index (κ3) is 4.63. The minimum Gasteiger partial charge on any atom is -0.507 e. The van der Waals surface area contributed by atoms with E-state index in [1.54, 1.807) is 23.1 Å². The topological polar surface area (TPSA) is 134 Å². The third-order valence-electron chi connectivity index (χ3n) is 5.78. The average molecular weight is 477 g/mol. The van der Waals surface area contributed by atoms with Crippen molar-refractivity contribution in [3.63, 3.8) is 0 Å². The molecule has 2 aromatic rings. The number of hydrogen-bond acceptors (Lipinski definition) is 8. The first kappa shape index (κ1) is 23.0. The van der Waals surface area contributed by atoms with Crippen molar-refractivity contribution in [2.45, 2.75) is 4.90 Å². The molecule has 1 amide bonds. The average Bonchev–Trinajstić information content (AvgIpc) is 2.84. The number of carbonyl (C=O) groups is 1. The molecule has 33 heavy (non-hydrogen) atoms. The number of phenolic OH excluding ortho intramolecular Hbond substituents is 1. The molecule has 0 unspecified atom stereocenters. The largest absolute Gasteiger partial charge is 0.507 e. The zero-order valence-electron chi connectivity index (χ0n) is 17.8. The number of para-hydroxylation sites is 1. The number of nitro groups is 1. The van der Waals surface area contributed by atoms with Gasteiger partial charge in [-0.2, -0.15) is 4.31 Å². The van der Waals surface area contributed by atoms with Crippen molar-refractivity contribution in [2.75, 3.05) is 57.4 Å². The molecule has 1 N–H and O–H groups in total. The van der Waals surface area contributed by atoms with E-state index in [-0.39, 0.29) is 54.1 Å². The predicted octanol–water partition coefficient (Wildman–Crippen LogP) is 1.28. The van der Waals surface area contributed by atoms with Gasteiger partial charge in [0.25, 0.3) is 11.6 Å². The second-order valence-corrected chi connectivity index (χ2v) is 9.63. The lowest BCUT2D eigenvalue weighted by atomic mass is 10.1. The SMILES string of the molecule is O=C(c1ccccc1O)N1CCN(c2ccc([N+](=O)[O-])cc2S(=O)(=O)N2CCOCC2)CC1. The molecule has 2 fully saturated rings. The Hall–Kier alpha value is -3.22. The first-order chi connectivity index (χ1) is 15.8. The molecule has 2 aromatic carbocycles. The van der Waals surface area contributed by atoms with E-state index in [2.05, 4.69) is 0 Å². The molecular weight excluding hydrogens is 452 g/mol. The lowest BCUT2D eigenvalue weighted by Crippen LogP contribution is -2.49. The van der Waals surface area contributed by atoms with Crippen molar-refractivity contribution in [2.24, 2.45) is 0 Å². The molecule has 0 atom stereocenters. The summed E-state index contributed by atoms with van der Waals surface area (Å²) in [7, 11) is -3.98. The molecule has 0 radical (unpaired) electrons. The van der Waals surface area contributed by atoms with Crippen LogP contribution in [0.4, 0.5) is 11.4 Å². The molecule has 0 saturated carbocycles. The molecule has 12 heteroatoms. The number of phenols is 1. The van der Waals surface area contributed by atoms with Crippen LogP contribution in [0.15, 0.2) is 47.4 Å². The fraction of sp³-hybridized carbons (Fsp3) is 0.381. The van der Waals surface area contributed by atoms with Crippen LogP contribution in [0.3, 0.4) is 0 Å². The Morgan fingerprint density at radius 1 is 1.00 bits per heavy atom. The van der Waals surface area contributed by atoms with Crippen LogP contribution in [0.25, 0.3) is 0 Å². The van der Waals surface area contributed by atoms with Crippen LogP contribution < -0.4 is 4.90 Å². The maximum absolute atomic E-state index is 13.3. The Morgan fingerprint density at radius 2 is 1.67 bits per heavy atom. The van der Waals surface area contributed by atoms with Gasteiger partial charge in [-0.05, 0) is 18.2 Å². The van der Waals surface area contributed by atoms with E-state index in [0.29, 0.717) is 31.9 Å². The Kier molecular flexibility index (Phi) is 6.49. The van der Waals surface area contributed by atoms with Crippen LogP contribution in [0.5, 0.6) is 5.75 Å². The molecule has 176 valence electrons.